The fraction of sp³-hybridized carbons (Fsp3) is 0.143. The number of carbonyl (C=O) groups is 1. The summed E-state index contributed by atoms with van der Waals surface area (Å²) in [5.74, 6) is -2.00. The van der Waals surface area contributed by atoms with Crippen LogP contribution in [-0.2, 0) is 0 Å². The van der Waals surface area contributed by atoms with Gasteiger partial charge in [0.1, 0.15) is 9.45 Å². The Morgan fingerprint density at radius 2 is 2.14 bits per heavy atom. The fourth-order valence-electron chi connectivity index (χ4n) is 0.833. The van der Waals surface area contributed by atoms with Gasteiger partial charge in [-0.25, -0.2) is 18.6 Å². The monoisotopic (exact) mass is 315 g/mol. The van der Waals surface area contributed by atoms with Crippen LogP contribution >= 0.6 is 22.6 Å². The first-order chi connectivity index (χ1) is 6.43. The summed E-state index contributed by atoms with van der Waals surface area (Å²) in [6.45, 7) is 0. The summed E-state index contributed by atoms with van der Waals surface area (Å²) < 4.78 is 24.5. The third-order valence-corrected chi connectivity index (χ3v) is 2.22. The predicted octanol–water partition coefficient (Wildman–Crippen LogP) is 2.03. The van der Waals surface area contributed by atoms with E-state index in [4.69, 9.17) is 10.2 Å². The van der Waals surface area contributed by atoms with E-state index in [0.29, 0.717) is 6.07 Å². The van der Waals surface area contributed by atoms with Gasteiger partial charge in [0, 0.05) is 0 Å². The molecule has 4 nitrogen and oxygen atoms in total. The van der Waals surface area contributed by atoms with E-state index in [0.717, 1.165) is 0 Å². The van der Waals surface area contributed by atoms with Crippen LogP contribution in [0.15, 0.2) is 6.07 Å². The van der Waals surface area contributed by atoms with Crippen LogP contribution in [0.2, 0.25) is 0 Å². The van der Waals surface area contributed by atoms with E-state index in [9.17, 15) is 13.6 Å². The first-order valence-electron chi connectivity index (χ1n) is 3.34. The summed E-state index contributed by atoms with van der Waals surface area (Å²) >= 11 is 1.55. The van der Waals surface area contributed by atoms with Crippen molar-refractivity contribution in [3.05, 3.63) is 21.0 Å². The quantitative estimate of drug-likeness (QED) is 0.647. The van der Waals surface area contributed by atoms with Crippen molar-refractivity contribution in [3.63, 3.8) is 0 Å². The topological polar surface area (TPSA) is 70.4 Å². The number of rotatable bonds is 2. The Kier molecular flexibility index (Phi) is 3.19. The molecule has 0 bridgehead atoms. The largest absolute Gasteiger partial charge is 0.505 e. The molecule has 1 aromatic heterocycles. The number of aromatic hydroxyl groups is 1. The van der Waals surface area contributed by atoms with E-state index >= 15 is 0 Å². The lowest BCUT2D eigenvalue weighted by atomic mass is 10.2. The molecule has 1 heterocycles. The van der Waals surface area contributed by atoms with Gasteiger partial charge in [-0.15, -0.1) is 0 Å². The van der Waals surface area contributed by atoms with Gasteiger partial charge in [0.15, 0.2) is 5.69 Å². The molecule has 76 valence electrons. The van der Waals surface area contributed by atoms with Gasteiger partial charge in [0.2, 0.25) is 0 Å². The minimum Gasteiger partial charge on any atom is -0.505 e. The maximum atomic E-state index is 12.3. The summed E-state index contributed by atoms with van der Waals surface area (Å²) in [6.07, 6.45) is -2.98. The number of hydrogen-bond acceptors (Lipinski definition) is 3. The first kappa shape index (κ1) is 11.1. The molecule has 0 atom stereocenters. The number of aromatic nitrogens is 1. The molecule has 0 fully saturated rings. The number of nitrogens with zero attached hydrogens (tertiary/aromatic N) is 1. The molecule has 2 N–H and O–H groups in total. The highest BCUT2D eigenvalue weighted by molar-refractivity contribution is 14.1. The molecule has 0 aliphatic heterocycles. The molecule has 14 heavy (non-hydrogen) atoms. The lowest BCUT2D eigenvalue weighted by molar-refractivity contribution is 0.0676. The second kappa shape index (κ2) is 4.03. The average molecular weight is 315 g/mol. The summed E-state index contributed by atoms with van der Waals surface area (Å²) in [5.41, 5.74) is -1.52. The summed E-state index contributed by atoms with van der Waals surface area (Å²) in [7, 11) is 0. The van der Waals surface area contributed by atoms with Crippen LogP contribution in [0.4, 0.5) is 8.78 Å². The Labute approximate surface area is 90.7 Å². The number of pyridine rings is 1. The van der Waals surface area contributed by atoms with Crippen molar-refractivity contribution in [2.45, 2.75) is 6.43 Å². The predicted molar refractivity (Wildman–Crippen MR) is 50.5 cm³/mol. The van der Waals surface area contributed by atoms with Crippen LogP contribution in [0.25, 0.3) is 0 Å². The Morgan fingerprint density at radius 3 is 2.57 bits per heavy atom. The molecule has 0 saturated carbocycles. The van der Waals surface area contributed by atoms with Gasteiger partial charge >= 0.3 is 5.97 Å². The van der Waals surface area contributed by atoms with Crippen LogP contribution < -0.4 is 0 Å². The van der Waals surface area contributed by atoms with Crippen molar-refractivity contribution in [2.24, 2.45) is 0 Å². The zero-order chi connectivity index (χ0) is 10.9. The second-order valence-corrected chi connectivity index (χ2v) is 3.36. The minimum atomic E-state index is -2.98. The smallest absolute Gasteiger partial charge is 0.355 e. The maximum absolute atomic E-state index is 12.3. The number of halogens is 3. The number of hydrogen-bond donors (Lipinski definition) is 2. The third-order valence-electron chi connectivity index (χ3n) is 1.42. The number of aromatic carboxylic acids is 1. The number of alkyl halides is 2. The van der Waals surface area contributed by atoms with E-state index in [2.05, 4.69) is 4.98 Å². The summed E-state index contributed by atoms with van der Waals surface area (Å²) in [4.78, 5) is 13.9. The number of carboxylic acids is 1. The molecule has 7 heteroatoms. The van der Waals surface area contributed by atoms with Crippen molar-refractivity contribution >= 4 is 28.6 Å². The molecule has 1 aromatic rings. The van der Waals surface area contributed by atoms with E-state index in [1.165, 1.54) is 0 Å². The van der Waals surface area contributed by atoms with Gasteiger partial charge in [0.05, 0.1) is 5.56 Å². The fourth-order valence-corrected chi connectivity index (χ4v) is 1.23. The summed E-state index contributed by atoms with van der Waals surface area (Å²) in [6, 6.07) is 0.711. The van der Waals surface area contributed by atoms with Gasteiger partial charge in [-0.2, -0.15) is 0 Å². The SMILES string of the molecule is O=C(O)c1nc(I)c(O)cc1C(F)F. The molecule has 0 aliphatic rings. The van der Waals surface area contributed by atoms with Crippen molar-refractivity contribution in [1.82, 2.24) is 4.98 Å². The Balaban J connectivity index is 3.39. The highest BCUT2D eigenvalue weighted by atomic mass is 127. The number of carboxylic acid groups (broad SMARTS) is 1. The van der Waals surface area contributed by atoms with Crippen LogP contribution in [-0.4, -0.2) is 21.2 Å². The standard InChI is InChI=1S/C7H4F2INO3/c8-5(9)2-1-3(12)6(10)11-4(2)7(13)14/h1,5,12H,(H,13,14). The molecule has 1 rings (SSSR count). The average Bonchev–Trinajstić information content (AvgIpc) is 2.08. The van der Waals surface area contributed by atoms with Crippen molar-refractivity contribution in [2.75, 3.05) is 0 Å². The van der Waals surface area contributed by atoms with E-state index < -0.39 is 29.4 Å². The van der Waals surface area contributed by atoms with Gasteiger partial charge in [-0.05, 0) is 28.7 Å². The molecule has 0 unspecified atom stereocenters. The van der Waals surface area contributed by atoms with Crippen molar-refractivity contribution in [3.8, 4) is 5.75 Å². The zero-order valence-corrected chi connectivity index (χ0v) is 8.70. The first-order valence-corrected chi connectivity index (χ1v) is 4.42. The lowest BCUT2D eigenvalue weighted by Crippen LogP contribution is -2.07. The van der Waals surface area contributed by atoms with Crippen LogP contribution in [0, 0.1) is 3.70 Å². The van der Waals surface area contributed by atoms with E-state index in [1.54, 1.807) is 22.6 Å². The molecule has 0 spiro atoms. The highest BCUT2D eigenvalue weighted by Gasteiger charge is 2.21. The van der Waals surface area contributed by atoms with Gasteiger partial charge in [-0.3, -0.25) is 0 Å². The van der Waals surface area contributed by atoms with Crippen molar-refractivity contribution < 1.29 is 23.8 Å². The summed E-state index contributed by atoms with van der Waals surface area (Å²) in [5, 5.41) is 17.6. The molecular formula is C7H4F2INO3. The van der Waals surface area contributed by atoms with Crippen LogP contribution in [0.5, 0.6) is 5.75 Å². The van der Waals surface area contributed by atoms with Gasteiger partial charge in [-0.1, -0.05) is 0 Å². The molecule has 0 radical (unpaired) electrons. The Bertz CT molecular complexity index is 383. The zero-order valence-electron chi connectivity index (χ0n) is 6.54. The molecule has 0 amide bonds. The normalized spacial score (nSPS) is 10.6. The third kappa shape index (κ3) is 2.08. The van der Waals surface area contributed by atoms with E-state index in [1.807, 2.05) is 0 Å². The van der Waals surface area contributed by atoms with E-state index in [-0.39, 0.29) is 3.70 Å². The van der Waals surface area contributed by atoms with Crippen molar-refractivity contribution in [1.29, 1.82) is 0 Å². The van der Waals surface area contributed by atoms with Gasteiger partial charge in [0.25, 0.3) is 6.43 Å². The minimum absolute atomic E-state index is 0.0237. The maximum Gasteiger partial charge on any atom is 0.355 e. The molecular weight excluding hydrogens is 311 g/mol. The highest BCUT2D eigenvalue weighted by Crippen LogP contribution is 2.28. The lowest BCUT2D eigenvalue weighted by Gasteiger charge is -2.05. The molecule has 0 aromatic carbocycles. The Hall–Kier alpha value is -0.990. The van der Waals surface area contributed by atoms with Crippen LogP contribution in [0.1, 0.15) is 22.5 Å². The second-order valence-electron chi connectivity index (χ2n) is 2.34. The van der Waals surface area contributed by atoms with Crippen LogP contribution in [0.3, 0.4) is 0 Å². The molecule has 0 aliphatic carbocycles. The van der Waals surface area contributed by atoms with Gasteiger partial charge < -0.3 is 10.2 Å². The Morgan fingerprint density at radius 1 is 1.57 bits per heavy atom. The molecule has 0 saturated heterocycles.